The van der Waals surface area contributed by atoms with Crippen molar-refractivity contribution in [2.45, 2.75) is 38.8 Å². The molecule has 1 aliphatic heterocycles. The number of nitrogens with zero attached hydrogens (tertiary/aromatic N) is 1. The van der Waals surface area contributed by atoms with E-state index in [-0.39, 0.29) is 6.04 Å². The van der Waals surface area contributed by atoms with Crippen LogP contribution in [0, 0.1) is 5.92 Å². The Morgan fingerprint density at radius 2 is 2.29 bits per heavy atom. The van der Waals surface area contributed by atoms with Gasteiger partial charge >= 0.3 is 0 Å². The molecule has 2 rings (SSSR count). The van der Waals surface area contributed by atoms with Crippen LogP contribution in [0.25, 0.3) is 0 Å². The van der Waals surface area contributed by atoms with Gasteiger partial charge in [-0.05, 0) is 53.4 Å². The Hall–Kier alpha value is -0.320. The van der Waals surface area contributed by atoms with Crippen LogP contribution in [0.5, 0.6) is 0 Å². The molecule has 3 nitrogen and oxygen atoms in total. The average Bonchev–Trinajstić information content (AvgIpc) is 2.89. The van der Waals surface area contributed by atoms with Crippen molar-refractivity contribution in [3.63, 3.8) is 0 Å². The summed E-state index contributed by atoms with van der Waals surface area (Å²) in [5.74, 6) is 1.65. The van der Waals surface area contributed by atoms with Gasteiger partial charge in [-0.15, -0.1) is 0 Å². The Kier molecular flexibility index (Phi) is 4.28. The summed E-state index contributed by atoms with van der Waals surface area (Å²) in [6.07, 6.45) is 2.54. The van der Waals surface area contributed by atoms with E-state index in [1.807, 2.05) is 12.1 Å². The van der Waals surface area contributed by atoms with E-state index in [1.165, 1.54) is 12.8 Å². The van der Waals surface area contributed by atoms with Crippen LogP contribution < -0.4 is 5.73 Å². The molecule has 1 aromatic rings. The first-order valence-electron chi connectivity index (χ1n) is 6.34. The summed E-state index contributed by atoms with van der Waals surface area (Å²) in [4.78, 5) is 2.51. The van der Waals surface area contributed by atoms with Crippen molar-refractivity contribution in [1.29, 1.82) is 0 Å². The molecule has 1 saturated heterocycles. The first kappa shape index (κ1) is 13.1. The molecule has 2 atom stereocenters. The van der Waals surface area contributed by atoms with Crippen molar-refractivity contribution in [1.82, 2.24) is 4.90 Å². The van der Waals surface area contributed by atoms with Crippen LogP contribution in [-0.2, 0) is 0 Å². The zero-order chi connectivity index (χ0) is 12.4. The molecule has 0 spiro atoms. The van der Waals surface area contributed by atoms with Crippen LogP contribution >= 0.6 is 15.9 Å². The van der Waals surface area contributed by atoms with Crippen LogP contribution in [0.4, 0.5) is 0 Å². The lowest BCUT2D eigenvalue weighted by Gasteiger charge is -2.33. The van der Waals surface area contributed by atoms with E-state index < -0.39 is 0 Å². The van der Waals surface area contributed by atoms with Gasteiger partial charge in [0, 0.05) is 12.6 Å². The highest BCUT2D eigenvalue weighted by atomic mass is 79.9. The van der Waals surface area contributed by atoms with Crippen LogP contribution in [0.3, 0.4) is 0 Å². The van der Waals surface area contributed by atoms with Gasteiger partial charge in [0.15, 0.2) is 4.67 Å². The molecular formula is C13H21BrN2O. The largest absolute Gasteiger partial charge is 0.453 e. The number of nitrogens with two attached hydrogens (primary N) is 1. The molecule has 1 aliphatic rings. The Morgan fingerprint density at radius 1 is 1.53 bits per heavy atom. The second kappa shape index (κ2) is 5.55. The lowest BCUT2D eigenvalue weighted by Crippen LogP contribution is -2.39. The van der Waals surface area contributed by atoms with Gasteiger partial charge < -0.3 is 10.2 Å². The molecule has 1 fully saturated rings. The van der Waals surface area contributed by atoms with Gasteiger partial charge in [0.25, 0.3) is 0 Å². The van der Waals surface area contributed by atoms with Crippen LogP contribution in [0.15, 0.2) is 21.2 Å². The average molecular weight is 301 g/mol. The van der Waals surface area contributed by atoms with Crippen molar-refractivity contribution < 1.29 is 4.42 Å². The third kappa shape index (κ3) is 2.75. The molecule has 17 heavy (non-hydrogen) atoms. The third-order valence-electron chi connectivity index (χ3n) is 3.66. The topological polar surface area (TPSA) is 42.4 Å². The maximum absolute atomic E-state index is 5.94. The highest BCUT2D eigenvalue weighted by molar-refractivity contribution is 9.10. The van der Waals surface area contributed by atoms with Gasteiger partial charge in [-0.25, -0.2) is 0 Å². The summed E-state index contributed by atoms with van der Waals surface area (Å²) >= 11 is 3.36. The van der Waals surface area contributed by atoms with E-state index in [0.29, 0.717) is 18.5 Å². The second-order valence-electron chi connectivity index (χ2n) is 5.08. The van der Waals surface area contributed by atoms with Gasteiger partial charge in [0.1, 0.15) is 5.76 Å². The monoisotopic (exact) mass is 300 g/mol. The molecule has 0 radical (unpaired) electrons. The Bertz CT molecular complexity index is 364. The predicted octanol–water partition coefficient (Wildman–Crippen LogP) is 3.16. The minimum absolute atomic E-state index is 0.219. The molecule has 2 unspecified atom stereocenters. The van der Waals surface area contributed by atoms with Gasteiger partial charge in [-0.3, -0.25) is 4.90 Å². The quantitative estimate of drug-likeness (QED) is 0.929. The molecule has 1 aromatic heterocycles. The summed E-state index contributed by atoms with van der Waals surface area (Å²) in [5, 5.41) is 0. The van der Waals surface area contributed by atoms with Crippen molar-refractivity contribution in [3.05, 3.63) is 22.6 Å². The van der Waals surface area contributed by atoms with E-state index in [4.69, 9.17) is 10.2 Å². The summed E-state index contributed by atoms with van der Waals surface area (Å²) in [6, 6.07) is 4.82. The van der Waals surface area contributed by atoms with Gasteiger partial charge in [-0.1, -0.05) is 13.8 Å². The fourth-order valence-corrected chi connectivity index (χ4v) is 3.16. The van der Waals surface area contributed by atoms with Crippen molar-refractivity contribution in [2.24, 2.45) is 11.7 Å². The number of halogens is 1. The molecule has 0 amide bonds. The number of furan rings is 1. The maximum atomic E-state index is 5.94. The summed E-state index contributed by atoms with van der Waals surface area (Å²) < 4.78 is 6.46. The van der Waals surface area contributed by atoms with Crippen molar-refractivity contribution >= 4 is 15.9 Å². The molecule has 0 bridgehead atoms. The van der Waals surface area contributed by atoms with Crippen LogP contribution in [-0.4, -0.2) is 24.0 Å². The number of hydrogen-bond acceptors (Lipinski definition) is 3. The standard InChI is InChI=1S/C13H21BrN2O/c1-9(2)10-4-3-7-16(10)11(8-15)12-5-6-13(14)17-12/h5-6,9-11H,3-4,7-8,15H2,1-2H3. The fourth-order valence-electron chi connectivity index (χ4n) is 2.84. The lowest BCUT2D eigenvalue weighted by atomic mass is 10.0. The van der Waals surface area contributed by atoms with E-state index in [0.717, 1.165) is 17.0 Å². The normalized spacial score (nSPS) is 23.5. The van der Waals surface area contributed by atoms with Crippen LogP contribution in [0.1, 0.15) is 38.5 Å². The molecule has 0 aliphatic carbocycles. The SMILES string of the molecule is CC(C)C1CCCN1C(CN)c1ccc(Br)o1. The smallest absolute Gasteiger partial charge is 0.169 e. The predicted molar refractivity (Wildman–Crippen MR) is 72.8 cm³/mol. The van der Waals surface area contributed by atoms with Gasteiger partial charge in [0.05, 0.1) is 6.04 Å². The van der Waals surface area contributed by atoms with Crippen LogP contribution in [0.2, 0.25) is 0 Å². The zero-order valence-corrected chi connectivity index (χ0v) is 12.1. The second-order valence-corrected chi connectivity index (χ2v) is 5.87. The molecular weight excluding hydrogens is 280 g/mol. The van der Waals surface area contributed by atoms with Crippen molar-refractivity contribution in [2.75, 3.05) is 13.1 Å². The number of rotatable bonds is 4. The molecule has 0 aromatic carbocycles. The molecule has 0 saturated carbocycles. The Labute approximate surface area is 111 Å². The number of likely N-dealkylation sites (tertiary alicyclic amines) is 1. The highest BCUT2D eigenvalue weighted by Crippen LogP contribution is 2.33. The van der Waals surface area contributed by atoms with Gasteiger partial charge in [-0.2, -0.15) is 0 Å². The third-order valence-corrected chi connectivity index (χ3v) is 4.08. The Morgan fingerprint density at radius 3 is 2.82 bits per heavy atom. The summed E-state index contributed by atoms with van der Waals surface area (Å²) in [7, 11) is 0. The van der Waals surface area contributed by atoms with E-state index in [9.17, 15) is 0 Å². The molecule has 2 heterocycles. The molecule has 4 heteroatoms. The zero-order valence-electron chi connectivity index (χ0n) is 10.5. The minimum Gasteiger partial charge on any atom is -0.453 e. The summed E-state index contributed by atoms with van der Waals surface area (Å²) in [5.41, 5.74) is 5.94. The Balaban J connectivity index is 2.18. The fraction of sp³-hybridized carbons (Fsp3) is 0.692. The number of hydrogen-bond donors (Lipinski definition) is 1. The van der Waals surface area contributed by atoms with Crippen molar-refractivity contribution in [3.8, 4) is 0 Å². The molecule has 2 N–H and O–H groups in total. The van der Waals surface area contributed by atoms with E-state index in [1.54, 1.807) is 0 Å². The van der Waals surface area contributed by atoms with E-state index >= 15 is 0 Å². The maximum Gasteiger partial charge on any atom is 0.169 e. The van der Waals surface area contributed by atoms with Gasteiger partial charge in [0.2, 0.25) is 0 Å². The first-order valence-corrected chi connectivity index (χ1v) is 7.13. The first-order chi connectivity index (χ1) is 8.13. The minimum atomic E-state index is 0.219. The highest BCUT2D eigenvalue weighted by Gasteiger charge is 2.33. The molecule has 96 valence electrons. The summed E-state index contributed by atoms with van der Waals surface area (Å²) in [6.45, 7) is 6.31. The van der Waals surface area contributed by atoms with E-state index in [2.05, 4.69) is 34.7 Å². The lowest BCUT2D eigenvalue weighted by molar-refractivity contribution is 0.133.